The predicted octanol–water partition coefficient (Wildman–Crippen LogP) is 3.09. The number of carbonyl (C=O) groups is 2. The number of carbonyl (C=O) groups excluding carboxylic acids is 2. The quantitative estimate of drug-likeness (QED) is 0.408. The Labute approximate surface area is 243 Å². The van der Waals surface area contributed by atoms with Gasteiger partial charge in [-0.25, -0.2) is 4.98 Å². The van der Waals surface area contributed by atoms with Crippen LogP contribution in [-0.2, 0) is 24.4 Å². The van der Waals surface area contributed by atoms with Gasteiger partial charge in [0, 0.05) is 55.0 Å². The van der Waals surface area contributed by atoms with Crippen LogP contribution in [0.15, 0.2) is 52.2 Å². The lowest BCUT2D eigenvalue weighted by Gasteiger charge is -2.45. The van der Waals surface area contributed by atoms with E-state index in [2.05, 4.69) is 39.2 Å². The predicted molar refractivity (Wildman–Crippen MR) is 158 cm³/mol. The second-order valence-corrected chi connectivity index (χ2v) is 12.2. The Morgan fingerprint density at radius 2 is 1.95 bits per heavy atom. The van der Waals surface area contributed by atoms with Gasteiger partial charge in [0.2, 0.25) is 5.91 Å². The Morgan fingerprint density at radius 1 is 1.17 bits per heavy atom. The zero-order chi connectivity index (χ0) is 29.3. The van der Waals surface area contributed by atoms with Crippen LogP contribution in [0.5, 0.6) is 0 Å². The second-order valence-electron chi connectivity index (χ2n) is 11.6. The molecule has 1 N–H and O–H groups in total. The molecule has 11 nitrogen and oxygen atoms in total. The number of allylic oxidation sites excluding steroid dienone is 3. The SMILES string of the molecule is CC(Cl)=CC=C(C)CCNC(=O)c1cc2c(N3CCn4cnnc4C3)ccnc2n(CC(=O)N2CC(C)(C)C2)c1=O. The average Bonchev–Trinajstić information content (AvgIpc) is 3.39. The summed E-state index contributed by atoms with van der Waals surface area (Å²) in [5.74, 6) is 0.158. The van der Waals surface area contributed by atoms with Crippen LogP contribution in [0.3, 0.4) is 0 Å². The molecule has 0 spiro atoms. The highest BCUT2D eigenvalue weighted by molar-refractivity contribution is 6.29. The maximum absolute atomic E-state index is 13.7. The van der Waals surface area contributed by atoms with Crippen molar-refractivity contribution in [3.8, 4) is 0 Å². The van der Waals surface area contributed by atoms with Gasteiger partial charge in [0.1, 0.15) is 24.1 Å². The van der Waals surface area contributed by atoms with Crippen LogP contribution < -0.4 is 15.8 Å². The molecule has 0 bridgehead atoms. The number of amides is 2. The number of hydrogen-bond donors (Lipinski definition) is 1. The molecule has 1 fully saturated rings. The fourth-order valence-electron chi connectivity index (χ4n) is 5.32. The third-order valence-corrected chi connectivity index (χ3v) is 7.60. The Bertz CT molecular complexity index is 1610. The Hall–Kier alpha value is -3.99. The molecule has 0 atom stereocenters. The van der Waals surface area contributed by atoms with Gasteiger partial charge in [0.25, 0.3) is 11.5 Å². The lowest BCUT2D eigenvalue weighted by molar-refractivity contribution is -0.142. The first kappa shape index (κ1) is 28.5. The van der Waals surface area contributed by atoms with Gasteiger partial charge in [-0.15, -0.1) is 10.2 Å². The van der Waals surface area contributed by atoms with E-state index in [9.17, 15) is 14.4 Å². The molecule has 0 unspecified atom stereocenters. The van der Waals surface area contributed by atoms with E-state index in [1.165, 1.54) is 4.57 Å². The van der Waals surface area contributed by atoms with E-state index < -0.39 is 11.5 Å². The van der Waals surface area contributed by atoms with Crippen molar-refractivity contribution in [3.05, 3.63) is 69.2 Å². The highest BCUT2D eigenvalue weighted by Gasteiger charge is 2.37. The lowest BCUT2D eigenvalue weighted by atomic mass is 9.84. The van der Waals surface area contributed by atoms with Gasteiger partial charge in [-0.3, -0.25) is 19.0 Å². The van der Waals surface area contributed by atoms with E-state index in [-0.39, 0.29) is 23.4 Å². The van der Waals surface area contributed by atoms with Crippen molar-refractivity contribution in [3.63, 3.8) is 0 Å². The van der Waals surface area contributed by atoms with Crippen molar-refractivity contribution >= 4 is 40.1 Å². The molecule has 5 rings (SSSR count). The number of nitrogens with zero attached hydrogens (tertiary/aromatic N) is 7. The highest BCUT2D eigenvalue weighted by Crippen LogP contribution is 2.30. The van der Waals surface area contributed by atoms with Crippen LogP contribution in [0.25, 0.3) is 11.0 Å². The summed E-state index contributed by atoms with van der Waals surface area (Å²) < 4.78 is 3.34. The number of pyridine rings is 2. The maximum atomic E-state index is 13.7. The summed E-state index contributed by atoms with van der Waals surface area (Å²) in [6.07, 6.45) is 7.64. The number of halogens is 1. The molecule has 2 aliphatic heterocycles. The molecule has 1 saturated heterocycles. The van der Waals surface area contributed by atoms with Crippen molar-refractivity contribution in [1.82, 2.24) is 34.5 Å². The van der Waals surface area contributed by atoms with Crippen LogP contribution in [0, 0.1) is 5.41 Å². The topological polar surface area (TPSA) is 118 Å². The molecule has 3 aromatic rings. The van der Waals surface area contributed by atoms with Crippen LogP contribution in [0.4, 0.5) is 5.69 Å². The van der Waals surface area contributed by atoms with E-state index in [1.54, 1.807) is 36.5 Å². The molecule has 5 heterocycles. The van der Waals surface area contributed by atoms with Crippen LogP contribution >= 0.6 is 11.6 Å². The van der Waals surface area contributed by atoms with E-state index in [1.807, 2.05) is 23.6 Å². The van der Waals surface area contributed by atoms with Crippen LogP contribution in [0.2, 0.25) is 0 Å². The van der Waals surface area contributed by atoms with Gasteiger partial charge < -0.3 is 19.7 Å². The number of rotatable bonds is 8. The van der Waals surface area contributed by atoms with Crippen LogP contribution in [0.1, 0.15) is 50.3 Å². The molecule has 3 aromatic heterocycles. The number of anilines is 1. The fourth-order valence-corrected chi connectivity index (χ4v) is 5.38. The molecule has 0 saturated carbocycles. The monoisotopic (exact) mass is 578 g/mol. The molecular formula is C29H35ClN8O3. The first-order chi connectivity index (χ1) is 19.5. The van der Waals surface area contributed by atoms with E-state index >= 15 is 0 Å². The first-order valence-corrected chi connectivity index (χ1v) is 14.1. The minimum Gasteiger partial charge on any atom is -0.362 e. The van der Waals surface area contributed by atoms with Gasteiger partial charge in [0.05, 0.1) is 6.54 Å². The number of aromatic nitrogens is 5. The molecule has 2 amide bonds. The van der Waals surface area contributed by atoms with Crippen molar-refractivity contribution < 1.29 is 9.59 Å². The van der Waals surface area contributed by atoms with Gasteiger partial charge in [-0.05, 0) is 43.9 Å². The smallest absolute Gasteiger partial charge is 0.265 e. The summed E-state index contributed by atoms with van der Waals surface area (Å²) in [6.45, 7) is 11.2. The van der Waals surface area contributed by atoms with Crippen molar-refractivity contribution in [2.75, 3.05) is 31.1 Å². The lowest BCUT2D eigenvalue weighted by Crippen LogP contribution is -2.56. The van der Waals surface area contributed by atoms with Gasteiger partial charge in [-0.2, -0.15) is 0 Å². The maximum Gasteiger partial charge on any atom is 0.265 e. The van der Waals surface area contributed by atoms with Gasteiger partial charge in [-0.1, -0.05) is 37.1 Å². The van der Waals surface area contributed by atoms with E-state index in [4.69, 9.17) is 11.6 Å². The highest BCUT2D eigenvalue weighted by atomic mass is 35.5. The zero-order valence-corrected chi connectivity index (χ0v) is 24.6. The van der Waals surface area contributed by atoms with E-state index in [0.717, 1.165) is 17.1 Å². The van der Waals surface area contributed by atoms with Crippen molar-refractivity contribution in [2.45, 2.75) is 53.8 Å². The first-order valence-electron chi connectivity index (χ1n) is 13.7. The summed E-state index contributed by atoms with van der Waals surface area (Å²) in [7, 11) is 0. The Morgan fingerprint density at radius 3 is 2.68 bits per heavy atom. The summed E-state index contributed by atoms with van der Waals surface area (Å²) in [5, 5.41) is 12.4. The number of fused-ring (bicyclic) bond motifs is 2. The fraction of sp³-hybridized carbons (Fsp3) is 0.448. The van der Waals surface area contributed by atoms with Gasteiger partial charge >= 0.3 is 0 Å². The Balaban J connectivity index is 1.49. The minimum absolute atomic E-state index is 0.0261. The van der Waals surface area contributed by atoms with Crippen molar-refractivity contribution in [1.29, 1.82) is 0 Å². The normalized spacial score (nSPS) is 16.9. The average molecular weight is 579 g/mol. The molecule has 41 heavy (non-hydrogen) atoms. The third kappa shape index (κ3) is 6.19. The molecule has 0 radical (unpaired) electrons. The summed E-state index contributed by atoms with van der Waals surface area (Å²) in [6, 6.07) is 3.47. The summed E-state index contributed by atoms with van der Waals surface area (Å²) in [4.78, 5) is 48.7. The molecule has 12 heteroatoms. The zero-order valence-electron chi connectivity index (χ0n) is 23.9. The van der Waals surface area contributed by atoms with Crippen LogP contribution in [-0.4, -0.2) is 67.2 Å². The summed E-state index contributed by atoms with van der Waals surface area (Å²) in [5.41, 5.74) is 1.70. The number of nitrogens with one attached hydrogen (secondary N) is 1. The molecular weight excluding hydrogens is 544 g/mol. The molecule has 216 valence electrons. The second kappa shape index (κ2) is 11.5. The largest absolute Gasteiger partial charge is 0.362 e. The molecule has 2 aliphatic rings. The van der Waals surface area contributed by atoms with Crippen molar-refractivity contribution in [2.24, 2.45) is 5.41 Å². The molecule has 0 aliphatic carbocycles. The van der Waals surface area contributed by atoms with E-state index in [0.29, 0.717) is 61.8 Å². The Kier molecular flexibility index (Phi) is 7.99. The standard InChI is InChI=1S/C29H35ClN8O3/c1-19(5-6-20(2)30)7-9-32-27(40)22-13-21-23(35-11-12-36-18-33-34-24(36)14-35)8-10-31-26(21)38(28(22)41)15-25(39)37-16-29(3,4)17-37/h5-6,8,10,13,18H,7,9,11-12,14-17H2,1-4H3,(H,32,40). The number of hydrogen-bond acceptors (Lipinski definition) is 7. The third-order valence-electron chi connectivity index (χ3n) is 7.48. The summed E-state index contributed by atoms with van der Waals surface area (Å²) >= 11 is 5.90. The minimum atomic E-state index is -0.542. The van der Waals surface area contributed by atoms with Gasteiger partial charge in [0.15, 0.2) is 5.82 Å². The molecule has 0 aromatic carbocycles. The number of likely N-dealkylation sites (tertiary alicyclic amines) is 1.